The van der Waals surface area contributed by atoms with E-state index in [9.17, 15) is 4.79 Å². The maximum Gasteiger partial charge on any atom is 0.173 e. The first kappa shape index (κ1) is 8.79. The minimum Gasteiger partial charge on any atom is -0.511 e. The molecular formula is C5H6Cl2O2. The van der Waals surface area contributed by atoms with Gasteiger partial charge in [0, 0.05) is 6.08 Å². The topological polar surface area (TPSA) is 37.3 Å². The van der Waals surface area contributed by atoms with Crippen molar-refractivity contribution in [1.29, 1.82) is 0 Å². The van der Waals surface area contributed by atoms with Crippen molar-refractivity contribution in [2.45, 2.75) is 0 Å². The van der Waals surface area contributed by atoms with Gasteiger partial charge in [-0.25, -0.2) is 0 Å². The Hall–Kier alpha value is -0.210. The molecule has 0 aliphatic carbocycles. The molecule has 0 aliphatic rings. The zero-order chi connectivity index (χ0) is 7.28. The number of halogens is 2. The Kier molecular flexibility index (Phi) is 4.54. The molecule has 0 heterocycles. The van der Waals surface area contributed by atoms with Crippen molar-refractivity contribution < 1.29 is 9.90 Å². The number of ketones is 1. The smallest absolute Gasteiger partial charge is 0.173 e. The van der Waals surface area contributed by atoms with Crippen LogP contribution in [0.25, 0.3) is 0 Å². The van der Waals surface area contributed by atoms with Crippen molar-refractivity contribution in [2.75, 3.05) is 11.8 Å². The average Bonchev–Trinajstić information content (AvgIpc) is 1.87. The summed E-state index contributed by atoms with van der Waals surface area (Å²) in [6.45, 7) is 0. The van der Waals surface area contributed by atoms with Crippen LogP contribution in [0.3, 0.4) is 0 Å². The molecule has 0 atom stereocenters. The molecule has 0 unspecified atom stereocenters. The second-order valence-electron chi connectivity index (χ2n) is 1.37. The molecule has 52 valence electrons. The Bertz CT molecular complexity index is 131. The van der Waals surface area contributed by atoms with Crippen LogP contribution in [-0.2, 0) is 4.79 Å². The Balaban J connectivity index is 3.79. The zero-order valence-electron chi connectivity index (χ0n) is 4.60. The van der Waals surface area contributed by atoms with Gasteiger partial charge in [0.1, 0.15) is 5.76 Å². The Labute approximate surface area is 63.1 Å². The largest absolute Gasteiger partial charge is 0.511 e. The molecule has 0 radical (unpaired) electrons. The maximum absolute atomic E-state index is 10.4. The summed E-state index contributed by atoms with van der Waals surface area (Å²) >= 11 is 10.2. The normalized spacial score (nSPS) is 11.6. The molecule has 4 heteroatoms. The highest BCUT2D eigenvalue weighted by Crippen LogP contribution is 1.92. The van der Waals surface area contributed by atoms with Crippen LogP contribution < -0.4 is 0 Å². The fraction of sp³-hybridized carbons (Fsp3) is 0.400. The van der Waals surface area contributed by atoms with Gasteiger partial charge in [-0.2, -0.15) is 0 Å². The monoisotopic (exact) mass is 168 g/mol. The number of hydrogen-bond acceptors (Lipinski definition) is 2. The van der Waals surface area contributed by atoms with Crippen molar-refractivity contribution in [3.05, 3.63) is 11.8 Å². The molecule has 9 heavy (non-hydrogen) atoms. The van der Waals surface area contributed by atoms with Gasteiger partial charge in [-0.05, 0) is 0 Å². The summed E-state index contributed by atoms with van der Waals surface area (Å²) in [5.74, 6) is -0.666. The molecule has 0 amide bonds. The lowest BCUT2D eigenvalue weighted by Crippen LogP contribution is -1.96. The van der Waals surface area contributed by atoms with Crippen LogP contribution in [0.15, 0.2) is 11.8 Å². The molecule has 2 nitrogen and oxygen atoms in total. The lowest BCUT2D eigenvalue weighted by Gasteiger charge is -1.88. The Morgan fingerprint density at radius 1 is 1.44 bits per heavy atom. The number of rotatable bonds is 3. The molecule has 0 saturated carbocycles. The van der Waals surface area contributed by atoms with E-state index in [0.717, 1.165) is 6.08 Å². The molecule has 0 aromatic carbocycles. The van der Waals surface area contributed by atoms with Gasteiger partial charge in [-0.1, -0.05) is 0 Å². The number of carbonyl (C=O) groups is 1. The second-order valence-corrected chi connectivity index (χ2v) is 1.90. The van der Waals surface area contributed by atoms with E-state index in [-0.39, 0.29) is 23.3 Å². The van der Waals surface area contributed by atoms with E-state index >= 15 is 0 Å². The van der Waals surface area contributed by atoms with Gasteiger partial charge in [0.15, 0.2) is 5.78 Å². The molecule has 0 spiro atoms. The quantitative estimate of drug-likeness (QED) is 0.394. The van der Waals surface area contributed by atoms with Crippen LogP contribution >= 0.6 is 23.2 Å². The zero-order valence-corrected chi connectivity index (χ0v) is 6.11. The first-order valence-electron chi connectivity index (χ1n) is 2.25. The van der Waals surface area contributed by atoms with Gasteiger partial charge >= 0.3 is 0 Å². The van der Waals surface area contributed by atoms with Crippen LogP contribution in [0.5, 0.6) is 0 Å². The second kappa shape index (κ2) is 4.65. The number of alkyl halides is 2. The lowest BCUT2D eigenvalue weighted by atomic mass is 10.4. The maximum atomic E-state index is 10.4. The number of aliphatic hydroxyl groups is 1. The average molecular weight is 169 g/mol. The molecule has 0 aromatic rings. The van der Waals surface area contributed by atoms with Gasteiger partial charge in [0.05, 0.1) is 11.8 Å². The summed E-state index contributed by atoms with van der Waals surface area (Å²) in [6, 6.07) is 0. The number of aliphatic hydroxyl groups excluding tert-OH is 1. The van der Waals surface area contributed by atoms with Crippen LogP contribution in [0, 0.1) is 0 Å². The molecule has 0 saturated heterocycles. The minimum absolute atomic E-state index is 0.0529. The van der Waals surface area contributed by atoms with Crippen molar-refractivity contribution in [1.82, 2.24) is 0 Å². The highest BCUT2D eigenvalue weighted by molar-refractivity contribution is 6.29. The molecule has 0 aromatic heterocycles. The summed E-state index contributed by atoms with van der Waals surface area (Å²) in [5, 5.41) is 8.61. The summed E-state index contributed by atoms with van der Waals surface area (Å²) in [7, 11) is 0. The first-order valence-corrected chi connectivity index (χ1v) is 3.32. The summed E-state index contributed by atoms with van der Waals surface area (Å²) < 4.78 is 0. The third-order valence-corrected chi connectivity index (χ3v) is 1.13. The van der Waals surface area contributed by atoms with Crippen molar-refractivity contribution in [3.63, 3.8) is 0 Å². The van der Waals surface area contributed by atoms with E-state index in [0.29, 0.717) is 0 Å². The molecule has 0 rings (SSSR count). The van der Waals surface area contributed by atoms with Crippen molar-refractivity contribution >= 4 is 29.0 Å². The predicted octanol–water partition coefficient (Wildman–Crippen LogP) is 1.47. The van der Waals surface area contributed by atoms with Crippen LogP contribution in [0.2, 0.25) is 0 Å². The number of hydrogen-bond donors (Lipinski definition) is 1. The third kappa shape index (κ3) is 4.30. The predicted molar refractivity (Wildman–Crippen MR) is 37.2 cm³/mol. The molecule has 1 N–H and O–H groups in total. The highest BCUT2D eigenvalue weighted by atomic mass is 35.5. The van der Waals surface area contributed by atoms with Gasteiger partial charge < -0.3 is 5.11 Å². The standard InChI is InChI=1S/C5H6Cl2O2/c6-2-4(8)1-5(9)3-7/h1,8H,2-3H2/b4-1-. The van der Waals surface area contributed by atoms with Crippen LogP contribution in [0.1, 0.15) is 0 Å². The highest BCUT2D eigenvalue weighted by Gasteiger charge is 1.95. The van der Waals surface area contributed by atoms with Gasteiger partial charge in [0.25, 0.3) is 0 Å². The summed E-state index contributed by atoms with van der Waals surface area (Å²) in [4.78, 5) is 10.4. The van der Waals surface area contributed by atoms with E-state index in [4.69, 9.17) is 28.3 Å². The van der Waals surface area contributed by atoms with Gasteiger partial charge in [0.2, 0.25) is 0 Å². The van der Waals surface area contributed by atoms with E-state index in [1.807, 2.05) is 0 Å². The number of allylic oxidation sites excluding steroid dienone is 2. The molecule has 0 fully saturated rings. The van der Waals surface area contributed by atoms with Crippen LogP contribution in [0.4, 0.5) is 0 Å². The van der Waals surface area contributed by atoms with Crippen LogP contribution in [-0.4, -0.2) is 22.6 Å². The SMILES string of the molecule is O=C(/C=C(\O)CCl)CCl. The molecule has 0 aliphatic heterocycles. The summed E-state index contributed by atoms with van der Waals surface area (Å²) in [5.41, 5.74) is 0. The third-order valence-electron chi connectivity index (χ3n) is 0.596. The first-order chi connectivity index (χ1) is 4.20. The number of carbonyl (C=O) groups excluding carboxylic acids is 1. The van der Waals surface area contributed by atoms with Gasteiger partial charge in [-0.15, -0.1) is 23.2 Å². The fourth-order valence-electron chi connectivity index (χ4n) is 0.263. The lowest BCUT2D eigenvalue weighted by molar-refractivity contribution is -0.112. The van der Waals surface area contributed by atoms with E-state index in [2.05, 4.69) is 0 Å². The Morgan fingerprint density at radius 3 is 2.33 bits per heavy atom. The van der Waals surface area contributed by atoms with Gasteiger partial charge in [-0.3, -0.25) is 4.79 Å². The minimum atomic E-state index is -0.338. The Morgan fingerprint density at radius 2 is 2.00 bits per heavy atom. The van der Waals surface area contributed by atoms with E-state index in [1.165, 1.54) is 0 Å². The molecular weight excluding hydrogens is 163 g/mol. The summed E-state index contributed by atoms with van der Waals surface area (Å²) in [6.07, 6.45) is 1.01. The fourth-order valence-corrected chi connectivity index (χ4v) is 0.417. The van der Waals surface area contributed by atoms with Crippen molar-refractivity contribution in [3.8, 4) is 0 Å². The van der Waals surface area contributed by atoms with E-state index < -0.39 is 0 Å². The van der Waals surface area contributed by atoms with Crippen molar-refractivity contribution in [2.24, 2.45) is 0 Å². The van der Waals surface area contributed by atoms with E-state index in [1.54, 1.807) is 0 Å². The molecule has 0 bridgehead atoms.